The van der Waals surface area contributed by atoms with Crippen molar-refractivity contribution < 1.29 is 0 Å². The predicted octanol–water partition coefficient (Wildman–Crippen LogP) is 4.43. The number of aromatic nitrogens is 1. The summed E-state index contributed by atoms with van der Waals surface area (Å²) < 4.78 is 0. The van der Waals surface area contributed by atoms with E-state index >= 15 is 0 Å². The van der Waals surface area contributed by atoms with Crippen molar-refractivity contribution in [2.24, 2.45) is 0 Å². The fraction of sp³-hybridized carbons (Fsp3) is 0.312. The molecule has 1 aromatic carbocycles. The summed E-state index contributed by atoms with van der Waals surface area (Å²) in [6.07, 6.45) is 4.41. The van der Waals surface area contributed by atoms with Gasteiger partial charge in [0.05, 0.1) is 0 Å². The van der Waals surface area contributed by atoms with Crippen LogP contribution in [0.1, 0.15) is 40.3 Å². The van der Waals surface area contributed by atoms with Crippen LogP contribution in [0.5, 0.6) is 0 Å². The average molecular weight is 258 g/mol. The molecule has 2 aromatic rings. The Balaban J connectivity index is 2.05. The van der Waals surface area contributed by atoms with Crippen LogP contribution in [-0.4, -0.2) is 4.98 Å². The van der Waals surface area contributed by atoms with Gasteiger partial charge in [-0.3, -0.25) is 4.98 Å². The highest BCUT2D eigenvalue weighted by atomic mass is 35.5. The van der Waals surface area contributed by atoms with Gasteiger partial charge in [0.15, 0.2) is 0 Å². The topological polar surface area (TPSA) is 12.9 Å². The lowest BCUT2D eigenvalue weighted by molar-refractivity contribution is 0.786. The van der Waals surface area contributed by atoms with Gasteiger partial charge >= 0.3 is 0 Å². The van der Waals surface area contributed by atoms with Crippen molar-refractivity contribution in [3.8, 4) is 0 Å². The van der Waals surface area contributed by atoms with Crippen LogP contribution in [0.3, 0.4) is 0 Å². The first-order valence-corrected chi connectivity index (χ1v) is 6.75. The number of aryl methyl sites for hydroxylation is 1. The molecule has 1 aromatic heterocycles. The van der Waals surface area contributed by atoms with Crippen LogP contribution in [-0.2, 0) is 6.42 Å². The first-order valence-electron chi connectivity index (χ1n) is 6.37. The summed E-state index contributed by atoms with van der Waals surface area (Å²) in [5.74, 6) is 0.490. The van der Waals surface area contributed by atoms with E-state index in [2.05, 4.69) is 37.2 Å². The Morgan fingerprint density at radius 3 is 2.61 bits per heavy atom. The smallest absolute Gasteiger partial charge is 0.0406 e. The van der Waals surface area contributed by atoms with Gasteiger partial charge in [0, 0.05) is 22.8 Å². The monoisotopic (exact) mass is 257 g/mol. The van der Waals surface area contributed by atoms with E-state index in [4.69, 9.17) is 11.6 Å². The maximum atomic E-state index is 5.95. The van der Waals surface area contributed by atoms with Gasteiger partial charge in [0.1, 0.15) is 0 Å². The van der Waals surface area contributed by atoms with Gasteiger partial charge in [-0.15, -0.1) is 0 Å². The summed E-state index contributed by atoms with van der Waals surface area (Å²) in [6.45, 7) is 4.27. The fourth-order valence-corrected chi connectivity index (χ4v) is 3.02. The minimum absolute atomic E-state index is 0.490. The first-order chi connectivity index (χ1) is 8.66. The molecule has 1 nitrogen and oxygen atoms in total. The highest BCUT2D eigenvalue weighted by molar-refractivity contribution is 6.30. The fourth-order valence-electron chi connectivity index (χ4n) is 2.89. The molecule has 1 unspecified atom stereocenters. The Bertz CT molecular complexity index is 587. The zero-order valence-electron chi connectivity index (χ0n) is 10.7. The van der Waals surface area contributed by atoms with Crippen LogP contribution < -0.4 is 0 Å². The Kier molecular flexibility index (Phi) is 2.87. The number of nitrogens with zero attached hydrogens (tertiary/aromatic N) is 1. The number of rotatable bonds is 1. The van der Waals surface area contributed by atoms with Gasteiger partial charge in [0.2, 0.25) is 0 Å². The lowest BCUT2D eigenvalue weighted by Gasteiger charge is -2.13. The molecule has 1 heterocycles. The van der Waals surface area contributed by atoms with E-state index in [0.29, 0.717) is 5.92 Å². The van der Waals surface area contributed by atoms with E-state index in [0.717, 1.165) is 17.1 Å². The number of hydrogen-bond donors (Lipinski definition) is 0. The molecule has 1 aliphatic rings. The molecule has 0 spiro atoms. The van der Waals surface area contributed by atoms with Crippen LogP contribution in [0, 0.1) is 13.8 Å². The van der Waals surface area contributed by atoms with E-state index in [1.807, 2.05) is 12.1 Å². The third-order valence-electron chi connectivity index (χ3n) is 4.07. The molecule has 0 aliphatic heterocycles. The van der Waals surface area contributed by atoms with Gasteiger partial charge in [-0.2, -0.15) is 0 Å². The summed E-state index contributed by atoms with van der Waals surface area (Å²) in [5.41, 5.74) is 6.78. The number of benzene rings is 1. The lowest BCUT2D eigenvalue weighted by atomic mass is 9.93. The minimum Gasteiger partial charge on any atom is -0.261 e. The van der Waals surface area contributed by atoms with Gasteiger partial charge in [-0.05, 0) is 61.1 Å². The zero-order valence-corrected chi connectivity index (χ0v) is 11.5. The third-order valence-corrected chi connectivity index (χ3v) is 4.32. The molecule has 0 radical (unpaired) electrons. The highest BCUT2D eigenvalue weighted by Gasteiger charge is 2.26. The second-order valence-electron chi connectivity index (χ2n) is 5.05. The Morgan fingerprint density at radius 1 is 1.17 bits per heavy atom. The molecule has 0 N–H and O–H groups in total. The predicted molar refractivity (Wildman–Crippen MR) is 75.3 cm³/mol. The molecule has 2 heteroatoms. The van der Waals surface area contributed by atoms with Gasteiger partial charge in [0.25, 0.3) is 0 Å². The van der Waals surface area contributed by atoms with E-state index in [-0.39, 0.29) is 0 Å². The summed E-state index contributed by atoms with van der Waals surface area (Å²) in [4.78, 5) is 4.52. The van der Waals surface area contributed by atoms with Crippen molar-refractivity contribution >= 4 is 11.6 Å². The van der Waals surface area contributed by atoms with E-state index in [1.54, 1.807) is 0 Å². The van der Waals surface area contributed by atoms with E-state index < -0.39 is 0 Å². The molecule has 3 rings (SSSR count). The minimum atomic E-state index is 0.490. The Labute approximate surface area is 113 Å². The molecule has 0 amide bonds. The Hall–Kier alpha value is -1.34. The standard InChI is InChI=1S/C16H16ClN/c1-10-11(2)18-9-16-14(10)7-8-15(16)12-3-5-13(17)6-4-12/h3-6,9,15H,7-8H2,1-2H3. The van der Waals surface area contributed by atoms with Gasteiger partial charge in [-0.25, -0.2) is 0 Å². The SMILES string of the molecule is Cc1ncc2c(c1C)CCC2c1ccc(Cl)cc1. The quantitative estimate of drug-likeness (QED) is 0.737. The highest BCUT2D eigenvalue weighted by Crippen LogP contribution is 2.39. The van der Waals surface area contributed by atoms with Crippen LogP contribution in [0.25, 0.3) is 0 Å². The van der Waals surface area contributed by atoms with Crippen LogP contribution >= 0.6 is 11.6 Å². The van der Waals surface area contributed by atoms with Crippen LogP contribution in [0.2, 0.25) is 5.02 Å². The second kappa shape index (κ2) is 4.40. The van der Waals surface area contributed by atoms with Crippen molar-refractivity contribution in [2.75, 3.05) is 0 Å². The zero-order chi connectivity index (χ0) is 12.7. The summed E-state index contributed by atoms with van der Waals surface area (Å²) in [7, 11) is 0. The van der Waals surface area contributed by atoms with Crippen molar-refractivity contribution in [3.63, 3.8) is 0 Å². The molecule has 0 bridgehead atoms. The molecule has 0 saturated carbocycles. The number of fused-ring (bicyclic) bond motifs is 1. The third kappa shape index (κ3) is 1.83. The van der Waals surface area contributed by atoms with Crippen molar-refractivity contribution in [3.05, 3.63) is 63.4 Å². The first kappa shape index (κ1) is 11.7. The van der Waals surface area contributed by atoms with Gasteiger partial charge < -0.3 is 0 Å². The molecule has 92 valence electrons. The van der Waals surface area contributed by atoms with Gasteiger partial charge in [-0.1, -0.05) is 23.7 Å². The molecular weight excluding hydrogens is 242 g/mol. The molecule has 1 atom stereocenters. The maximum absolute atomic E-state index is 5.95. The maximum Gasteiger partial charge on any atom is 0.0406 e. The van der Waals surface area contributed by atoms with E-state index in [1.165, 1.54) is 28.7 Å². The summed E-state index contributed by atoms with van der Waals surface area (Å²) in [5, 5.41) is 0.801. The molecule has 0 fully saturated rings. The normalized spacial score (nSPS) is 17.8. The number of halogens is 1. The van der Waals surface area contributed by atoms with Crippen molar-refractivity contribution in [1.29, 1.82) is 0 Å². The summed E-state index contributed by atoms with van der Waals surface area (Å²) in [6, 6.07) is 8.22. The molecule has 1 aliphatic carbocycles. The average Bonchev–Trinajstić information content (AvgIpc) is 2.79. The molecule has 18 heavy (non-hydrogen) atoms. The molecule has 0 saturated heterocycles. The summed E-state index contributed by atoms with van der Waals surface area (Å²) >= 11 is 5.95. The Morgan fingerprint density at radius 2 is 1.89 bits per heavy atom. The number of pyridine rings is 1. The number of hydrogen-bond acceptors (Lipinski definition) is 1. The van der Waals surface area contributed by atoms with Crippen molar-refractivity contribution in [2.45, 2.75) is 32.6 Å². The van der Waals surface area contributed by atoms with Crippen molar-refractivity contribution in [1.82, 2.24) is 4.98 Å². The second-order valence-corrected chi connectivity index (χ2v) is 5.48. The van der Waals surface area contributed by atoms with Crippen LogP contribution in [0.15, 0.2) is 30.5 Å². The van der Waals surface area contributed by atoms with E-state index in [9.17, 15) is 0 Å². The lowest BCUT2D eigenvalue weighted by Crippen LogP contribution is -1.99. The largest absolute Gasteiger partial charge is 0.261 e. The molecular formula is C16H16ClN. The van der Waals surface area contributed by atoms with Crippen LogP contribution in [0.4, 0.5) is 0 Å².